The van der Waals surface area contributed by atoms with Gasteiger partial charge in [-0.05, 0) is 39.4 Å². The van der Waals surface area contributed by atoms with Crippen molar-refractivity contribution >= 4 is 33.5 Å². The predicted molar refractivity (Wildman–Crippen MR) is 101 cm³/mol. The van der Waals surface area contributed by atoms with Crippen LogP contribution in [0.25, 0.3) is 32.7 Å². The number of carboxylic acid groups (broad SMARTS) is 2. The fourth-order valence-corrected chi connectivity index (χ4v) is 3.38. The van der Waals surface area contributed by atoms with Crippen molar-refractivity contribution in [3.8, 4) is 11.1 Å². The molecule has 0 unspecified atom stereocenters. The molecule has 126 valence electrons. The minimum Gasteiger partial charge on any atom is -0.478 e. The number of hydrogen-bond donors (Lipinski definition) is 2. The van der Waals surface area contributed by atoms with E-state index in [0.29, 0.717) is 10.9 Å². The van der Waals surface area contributed by atoms with Crippen LogP contribution in [0.15, 0.2) is 72.8 Å². The molecule has 26 heavy (non-hydrogen) atoms. The monoisotopic (exact) mass is 342 g/mol. The highest BCUT2D eigenvalue weighted by Gasteiger charge is 2.20. The van der Waals surface area contributed by atoms with Gasteiger partial charge in [0.05, 0.1) is 11.1 Å². The first-order chi connectivity index (χ1) is 12.6. The molecule has 4 aromatic rings. The third-order valence-corrected chi connectivity index (χ3v) is 4.55. The molecule has 0 aliphatic heterocycles. The summed E-state index contributed by atoms with van der Waals surface area (Å²) in [6.07, 6.45) is 0. The first-order valence-corrected chi connectivity index (χ1v) is 8.08. The predicted octanol–water partition coefficient (Wildman–Crippen LogP) is 5.06. The molecular formula is C22H14O4. The van der Waals surface area contributed by atoms with E-state index in [0.717, 1.165) is 16.3 Å². The fraction of sp³-hybridized carbons (Fsp3) is 0. The van der Waals surface area contributed by atoms with Crippen molar-refractivity contribution in [2.24, 2.45) is 0 Å². The fourth-order valence-electron chi connectivity index (χ4n) is 3.38. The van der Waals surface area contributed by atoms with Crippen molar-refractivity contribution in [1.82, 2.24) is 0 Å². The van der Waals surface area contributed by atoms with Gasteiger partial charge >= 0.3 is 11.9 Å². The Bertz CT molecular complexity index is 1190. The van der Waals surface area contributed by atoms with Crippen LogP contribution in [-0.2, 0) is 0 Å². The van der Waals surface area contributed by atoms with Gasteiger partial charge in [-0.15, -0.1) is 0 Å². The van der Waals surface area contributed by atoms with Crippen molar-refractivity contribution in [2.45, 2.75) is 0 Å². The smallest absolute Gasteiger partial charge is 0.336 e. The number of aromatic carboxylic acids is 2. The maximum absolute atomic E-state index is 12.1. The van der Waals surface area contributed by atoms with E-state index in [-0.39, 0.29) is 16.5 Å². The Morgan fingerprint density at radius 2 is 1.35 bits per heavy atom. The van der Waals surface area contributed by atoms with Crippen LogP contribution in [0.5, 0.6) is 0 Å². The molecule has 0 heterocycles. The van der Waals surface area contributed by atoms with Crippen molar-refractivity contribution in [3.63, 3.8) is 0 Å². The summed E-state index contributed by atoms with van der Waals surface area (Å²) in [4.78, 5) is 23.7. The summed E-state index contributed by atoms with van der Waals surface area (Å²) in [5.74, 6) is -2.29. The number of benzene rings is 4. The Morgan fingerprint density at radius 1 is 0.654 bits per heavy atom. The van der Waals surface area contributed by atoms with Crippen LogP contribution in [0.2, 0.25) is 0 Å². The normalized spacial score (nSPS) is 10.9. The first-order valence-electron chi connectivity index (χ1n) is 8.08. The molecule has 4 heteroatoms. The minimum atomic E-state index is -1.15. The van der Waals surface area contributed by atoms with Gasteiger partial charge in [-0.2, -0.15) is 0 Å². The summed E-state index contributed by atoms with van der Waals surface area (Å²) < 4.78 is 0. The molecule has 0 saturated carbocycles. The number of hydrogen-bond acceptors (Lipinski definition) is 2. The van der Waals surface area contributed by atoms with E-state index >= 15 is 0 Å². The van der Waals surface area contributed by atoms with Gasteiger partial charge in [-0.1, -0.05) is 60.7 Å². The number of fused-ring (bicyclic) bond motifs is 2. The van der Waals surface area contributed by atoms with Crippen molar-refractivity contribution in [3.05, 3.63) is 83.9 Å². The molecule has 0 bridgehead atoms. The Balaban J connectivity index is 2.08. The Hall–Kier alpha value is -3.66. The molecule has 0 aromatic heterocycles. The summed E-state index contributed by atoms with van der Waals surface area (Å²) in [7, 11) is 0. The zero-order valence-corrected chi connectivity index (χ0v) is 13.6. The SMILES string of the molecule is O=C(O)c1cccc2ccc(-c3ccc4ccccc4c3)c(C(=O)O)c12. The zero-order valence-electron chi connectivity index (χ0n) is 13.6. The first kappa shape index (κ1) is 15.8. The van der Waals surface area contributed by atoms with Gasteiger partial charge in [0.15, 0.2) is 0 Å². The van der Waals surface area contributed by atoms with Gasteiger partial charge in [-0.25, -0.2) is 9.59 Å². The van der Waals surface area contributed by atoms with Crippen LogP contribution >= 0.6 is 0 Å². The van der Waals surface area contributed by atoms with Crippen LogP contribution in [-0.4, -0.2) is 22.2 Å². The highest BCUT2D eigenvalue weighted by atomic mass is 16.4. The molecule has 0 atom stereocenters. The summed E-state index contributed by atoms with van der Waals surface area (Å²) in [6.45, 7) is 0. The summed E-state index contributed by atoms with van der Waals surface area (Å²) in [6, 6.07) is 21.8. The van der Waals surface area contributed by atoms with Crippen LogP contribution < -0.4 is 0 Å². The highest BCUT2D eigenvalue weighted by molar-refractivity contribution is 6.16. The molecule has 0 aliphatic rings. The number of rotatable bonds is 3. The largest absolute Gasteiger partial charge is 0.478 e. The van der Waals surface area contributed by atoms with E-state index in [1.54, 1.807) is 24.3 Å². The van der Waals surface area contributed by atoms with Gasteiger partial charge < -0.3 is 10.2 Å². The average Bonchev–Trinajstić information content (AvgIpc) is 2.65. The van der Waals surface area contributed by atoms with Gasteiger partial charge in [0.2, 0.25) is 0 Å². The molecule has 0 aliphatic carbocycles. The zero-order chi connectivity index (χ0) is 18.3. The lowest BCUT2D eigenvalue weighted by Crippen LogP contribution is -2.06. The standard InChI is InChI=1S/C22H14O4/c23-21(24)18-7-3-6-14-10-11-17(20(19(14)18)22(25)26)16-9-8-13-4-1-2-5-15(13)12-16/h1-12H,(H,23,24)(H,25,26). The molecule has 0 saturated heterocycles. The van der Waals surface area contributed by atoms with E-state index in [1.807, 2.05) is 42.5 Å². The van der Waals surface area contributed by atoms with Crippen LogP contribution in [0.4, 0.5) is 0 Å². The maximum Gasteiger partial charge on any atom is 0.336 e. The topological polar surface area (TPSA) is 74.6 Å². The highest BCUT2D eigenvalue weighted by Crippen LogP contribution is 2.34. The van der Waals surface area contributed by atoms with Gasteiger partial charge in [0, 0.05) is 5.39 Å². The number of carboxylic acids is 2. The van der Waals surface area contributed by atoms with Crippen LogP contribution in [0.3, 0.4) is 0 Å². The molecule has 4 nitrogen and oxygen atoms in total. The second kappa shape index (κ2) is 6.01. The van der Waals surface area contributed by atoms with Crippen molar-refractivity contribution < 1.29 is 19.8 Å². The van der Waals surface area contributed by atoms with Crippen molar-refractivity contribution in [2.75, 3.05) is 0 Å². The molecule has 4 rings (SSSR count). The van der Waals surface area contributed by atoms with E-state index in [9.17, 15) is 19.8 Å². The van der Waals surface area contributed by atoms with Gasteiger partial charge in [0.1, 0.15) is 0 Å². The molecule has 4 aromatic carbocycles. The molecule has 0 amide bonds. The second-order valence-electron chi connectivity index (χ2n) is 6.06. The molecule has 0 fully saturated rings. The van der Waals surface area contributed by atoms with Crippen molar-refractivity contribution in [1.29, 1.82) is 0 Å². The summed E-state index contributed by atoms with van der Waals surface area (Å²) in [5, 5.41) is 22.2. The third-order valence-electron chi connectivity index (χ3n) is 4.55. The van der Waals surface area contributed by atoms with E-state index < -0.39 is 11.9 Å². The lowest BCUT2D eigenvalue weighted by molar-refractivity contribution is 0.0695. The Labute approximate surface area is 148 Å². The quantitative estimate of drug-likeness (QED) is 0.546. The van der Waals surface area contributed by atoms with E-state index in [2.05, 4.69) is 0 Å². The lowest BCUT2D eigenvalue weighted by atomic mass is 9.91. The van der Waals surface area contributed by atoms with Gasteiger partial charge in [-0.3, -0.25) is 0 Å². The molecule has 2 N–H and O–H groups in total. The average molecular weight is 342 g/mol. The second-order valence-corrected chi connectivity index (χ2v) is 6.06. The van der Waals surface area contributed by atoms with E-state index in [1.165, 1.54) is 6.07 Å². The van der Waals surface area contributed by atoms with Gasteiger partial charge in [0.25, 0.3) is 0 Å². The minimum absolute atomic E-state index is 0.00998. The maximum atomic E-state index is 12.1. The Morgan fingerprint density at radius 3 is 2.08 bits per heavy atom. The lowest BCUT2D eigenvalue weighted by Gasteiger charge is -2.13. The summed E-state index contributed by atoms with van der Waals surface area (Å²) >= 11 is 0. The third kappa shape index (κ3) is 2.48. The number of carbonyl (C=O) groups is 2. The van der Waals surface area contributed by atoms with Crippen LogP contribution in [0, 0.1) is 0 Å². The summed E-state index contributed by atoms with van der Waals surface area (Å²) in [5.41, 5.74) is 1.24. The molecule has 0 spiro atoms. The Kier molecular flexibility index (Phi) is 3.66. The molecular weight excluding hydrogens is 328 g/mol. The molecule has 0 radical (unpaired) electrons. The van der Waals surface area contributed by atoms with E-state index in [4.69, 9.17) is 0 Å². The van der Waals surface area contributed by atoms with Crippen LogP contribution in [0.1, 0.15) is 20.7 Å².